The van der Waals surface area contributed by atoms with Crippen LogP contribution in [-0.4, -0.2) is 26.8 Å². The number of hydrogen-bond acceptors (Lipinski definition) is 6. The van der Waals surface area contributed by atoms with Crippen molar-refractivity contribution in [2.24, 2.45) is 5.16 Å². The molecule has 0 saturated heterocycles. The molecular formula is C27H22FN5O2. The van der Waals surface area contributed by atoms with Crippen molar-refractivity contribution in [1.82, 2.24) is 20.5 Å². The Balaban J connectivity index is 1.47. The molecule has 0 saturated carbocycles. The molecule has 0 aliphatic carbocycles. The molecule has 5 rings (SSSR count). The topological polar surface area (TPSA) is 89.4 Å². The van der Waals surface area contributed by atoms with E-state index in [4.69, 9.17) is 4.84 Å². The van der Waals surface area contributed by atoms with Gasteiger partial charge in [-0.05, 0) is 66.6 Å². The van der Waals surface area contributed by atoms with Crippen molar-refractivity contribution in [3.8, 4) is 11.1 Å². The van der Waals surface area contributed by atoms with E-state index < -0.39 is 0 Å². The Hall–Kier alpha value is -4.46. The Morgan fingerprint density at radius 2 is 1.94 bits per heavy atom. The standard InChI is InChI=1S/C27H22FN5O2/c1-17-7-8-22(23(28)11-17)18-12-19(25-15-26(35-33-25)24-6-2-3-9-29-24)14-20(13-18)27(34)30-16-21-5-4-10-31-32-21/h2-14,26H,15-16H2,1H3,(H,30,34). The van der Waals surface area contributed by atoms with Crippen molar-refractivity contribution in [3.63, 3.8) is 0 Å². The van der Waals surface area contributed by atoms with E-state index in [2.05, 4.69) is 25.7 Å². The van der Waals surface area contributed by atoms with Gasteiger partial charge in [0.05, 0.1) is 23.6 Å². The van der Waals surface area contributed by atoms with Gasteiger partial charge in [0.15, 0.2) is 6.10 Å². The summed E-state index contributed by atoms with van der Waals surface area (Å²) in [6, 6.07) is 19.4. The number of oxime groups is 1. The third-order valence-electron chi connectivity index (χ3n) is 5.71. The molecule has 35 heavy (non-hydrogen) atoms. The first kappa shape index (κ1) is 22.3. The minimum atomic E-state index is -0.357. The molecule has 1 N–H and O–H groups in total. The van der Waals surface area contributed by atoms with Gasteiger partial charge in [-0.2, -0.15) is 10.2 Å². The molecule has 4 aromatic rings. The molecule has 1 unspecified atom stereocenters. The summed E-state index contributed by atoms with van der Waals surface area (Å²) in [5.41, 5.74) is 4.93. The lowest BCUT2D eigenvalue weighted by Crippen LogP contribution is -2.23. The largest absolute Gasteiger partial charge is 0.385 e. The van der Waals surface area contributed by atoms with E-state index in [9.17, 15) is 9.18 Å². The van der Waals surface area contributed by atoms with Gasteiger partial charge in [0.25, 0.3) is 5.91 Å². The summed E-state index contributed by atoms with van der Waals surface area (Å²) in [5.74, 6) is -0.670. The molecule has 1 aliphatic rings. The van der Waals surface area contributed by atoms with E-state index in [1.54, 1.807) is 42.7 Å². The second-order valence-corrected chi connectivity index (χ2v) is 8.27. The van der Waals surface area contributed by atoms with Crippen LogP contribution in [0.4, 0.5) is 4.39 Å². The number of aryl methyl sites for hydroxylation is 1. The number of amides is 1. The molecule has 1 atom stereocenters. The number of carbonyl (C=O) groups is 1. The van der Waals surface area contributed by atoms with Gasteiger partial charge in [-0.25, -0.2) is 4.39 Å². The first-order valence-electron chi connectivity index (χ1n) is 11.2. The molecule has 7 nitrogen and oxygen atoms in total. The Bertz CT molecular complexity index is 1390. The summed E-state index contributed by atoms with van der Waals surface area (Å²) in [7, 11) is 0. The molecule has 0 spiro atoms. The molecular weight excluding hydrogens is 445 g/mol. The highest BCUT2D eigenvalue weighted by molar-refractivity contribution is 6.05. The maximum absolute atomic E-state index is 14.9. The summed E-state index contributed by atoms with van der Waals surface area (Å²) < 4.78 is 14.9. The maximum Gasteiger partial charge on any atom is 0.251 e. The second-order valence-electron chi connectivity index (χ2n) is 8.27. The zero-order valence-corrected chi connectivity index (χ0v) is 19.0. The van der Waals surface area contributed by atoms with Crippen LogP contribution in [0.3, 0.4) is 0 Å². The quantitative estimate of drug-likeness (QED) is 0.441. The van der Waals surface area contributed by atoms with E-state index in [0.29, 0.717) is 40.1 Å². The molecule has 0 fully saturated rings. The van der Waals surface area contributed by atoms with Gasteiger partial charge < -0.3 is 10.2 Å². The number of carbonyl (C=O) groups excluding carboxylic acids is 1. The van der Waals surface area contributed by atoms with E-state index in [1.807, 2.05) is 37.3 Å². The number of aromatic nitrogens is 3. The van der Waals surface area contributed by atoms with Crippen LogP contribution in [0.25, 0.3) is 11.1 Å². The fourth-order valence-electron chi connectivity index (χ4n) is 3.91. The molecule has 0 radical (unpaired) electrons. The van der Waals surface area contributed by atoms with Crippen LogP contribution in [0.1, 0.15) is 45.4 Å². The van der Waals surface area contributed by atoms with Crippen LogP contribution in [0.5, 0.6) is 0 Å². The fraction of sp³-hybridized carbons (Fsp3) is 0.148. The number of nitrogens with zero attached hydrogens (tertiary/aromatic N) is 4. The van der Waals surface area contributed by atoms with Crippen molar-refractivity contribution in [2.45, 2.75) is 26.0 Å². The zero-order chi connectivity index (χ0) is 24.2. The Morgan fingerprint density at radius 3 is 2.71 bits per heavy atom. The molecule has 2 aromatic heterocycles. The van der Waals surface area contributed by atoms with E-state index in [-0.39, 0.29) is 24.4 Å². The predicted molar refractivity (Wildman–Crippen MR) is 129 cm³/mol. The molecule has 174 valence electrons. The van der Waals surface area contributed by atoms with Crippen molar-refractivity contribution in [1.29, 1.82) is 0 Å². The lowest BCUT2D eigenvalue weighted by atomic mass is 9.94. The molecule has 0 bridgehead atoms. The summed E-state index contributed by atoms with van der Waals surface area (Å²) in [5, 5.41) is 14.9. The number of hydrogen-bond donors (Lipinski definition) is 1. The second kappa shape index (κ2) is 9.80. The van der Waals surface area contributed by atoms with Gasteiger partial charge >= 0.3 is 0 Å². The third-order valence-corrected chi connectivity index (χ3v) is 5.71. The van der Waals surface area contributed by atoms with Crippen LogP contribution in [0.15, 0.2) is 84.3 Å². The van der Waals surface area contributed by atoms with Crippen molar-refractivity contribution in [3.05, 3.63) is 113 Å². The Morgan fingerprint density at radius 1 is 1.06 bits per heavy atom. The highest BCUT2D eigenvalue weighted by Crippen LogP contribution is 2.31. The normalized spacial score (nSPS) is 14.8. The van der Waals surface area contributed by atoms with Crippen molar-refractivity contribution >= 4 is 11.6 Å². The maximum atomic E-state index is 14.9. The first-order valence-corrected chi connectivity index (χ1v) is 11.2. The number of rotatable bonds is 6. The molecule has 2 aromatic carbocycles. The lowest BCUT2D eigenvalue weighted by molar-refractivity contribution is 0.0826. The highest BCUT2D eigenvalue weighted by Gasteiger charge is 2.26. The van der Waals surface area contributed by atoms with E-state index >= 15 is 0 Å². The smallest absolute Gasteiger partial charge is 0.251 e. The van der Waals surface area contributed by atoms with Gasteiger partial charge in [-0.3, -0.25) is 9.78 Å². The average molecular weight is 468 g/mol. The average Bonchev–Trinajstić information content (AvgIpc) is 3.39. The van der Waals surface area contributed by atoms with Gasteiger partial charge in [0.1, 0.15) is 5.82 Å². The van der Waals surface area contributed by atoms with Crippen LogP contribution in [0.2, 0.25) is 0 Å². The monoisotopic (exact) mass is 467 g/mol. The zero-order valence-electron chi connectivity index (χ0n) is 19.0. The predicted octanol–water partition coefficient (Wildman–Crippen LogP) is 4.78. The lowest BCUT2D eigenvalue weighted by Gasteiger charge is -2.12. The van der Waals surface area contributed by atoms with Gasteiger partial charge in [0, 0.05) is 35.5 Å². The minimum Gasteiger partial charge on any atom is -0.385 e. The first-order chi connectivity index (χ1) is 17.1. The third kappa shape index (κ3) is 5.06. The highest BCUT2D eigenvalue weighted by atomic mass is 19.1. The van der Waals surface area contributed by atoms with Gasteiger partial charge in [-0.15, -0.1) is 0 Å². The SMILES string of the molecule is Cc1ccc(-c2cc(C(=O)NCc3cccnn3)cc(C3=NOC(c4ccccn4)C3)c2)c(F)c1. The van der Waals surface area contributed by atoms with Crippen LogP contribution in [-0.2, 0) is 11.4 Å². The number of halogens is 1. The van der Waals surface area contributed by atoms with Crippen LogP contribution >= 0.6 is 0 Å². The van der Waals surface area contributed by atoms with Gasteiger partial charge in [0.2, 0.25) is 0 Å². The number of benzene rings is 2. The van der Waals surface area contributed by atoms with E-state index in [1.165, 1.54) is 6.07 Å². The van der Waals surface area contributed by atoms with Crippen molar-refractivity contribution < 1.29 is 14.0 Å². The number of pyridine rings is 1. The van der Waals surface area contributed by atoms with E-state index in [0.717, 1.165) is 11.3 Å². The molecule has 8 heteroatoms. The van der Waals surface area contributed by atoms with Crippen LogP contribution in [0, 0.1) is 12.7 Å². The van der Waals surface area contributed by atoms with Crippen molar-refractivity contribution in [2.75, 3.05) is 0 Å². The molecule has 1 amide bonds. The number of nitrogens with one attached hydrogen (secondary N) is 1. The summed E-state index contributed by atoms with van der Waals surface area (Å²) in [6.07, 6.45) is 3.44. The minimum absolute atomic E-state index is 0.219. The molecule has 3 heterocycles. The van der Waals surface area contributed by atoms with Gasteiger partial charge in [-0.1, -0.05) is 23.4 Å². The summed E-state index contributed by atoms with van der Waals surface area (Å²) >= 11 is 0. The van der Waals surface area contributed by atoms with Crippen LogP contribution < -0.4 is 5.32 Å². The summed E-state index contributed by atoms with van der Waals surface area (Å²) in [4.78, 5) is 23.0. The summed E-state index contributed by atoms with van der Waals surface area (Å²) in [6.45, 7) is 2.05. The molecule has 1 aliphatic heterocycles. The Kier molecular flexibility index (Phi) is 6.26. The fourth-order valence-corrected chi connectivity index (χ4v) is 3.91. The Labute approximate surface area is 201 Å².